The molecule has 12 heteroatoms. The number of aromatic nitrogens is 2. The zero-order valence-electron chi connectivity index (χ0n) is 17.4. The predicted octanol–water partition coefficient (Wildman–Crippen LogP) is 4.63. The largest absolute Gasteiger partial charge is 0.573 e. The summed E-state index contributed by atoms with van der Waals surface area (Å²) in [4.78, 5) is 24.7. The van der Waals surface area contributed by atoms with Gasteiger partial charge >= 0.3 is 12.3 Å². The Balaban J connectivity index is 1.62. The van der Waals surface area contributed by atoms with E-state index in [9.17, 15) is 36.6 Å². The molecule has 1 fully saturated rings. The third kappa shape index (κ3) is 4.43. The Bertz CT molecular complexity index is 1300. The van der Waals surface area contributed by atoms with Gasteiger partial charge in [0.25, 0.3) is 0 Å². The summed E-state index contributed by atoms with van der Waals surface area (Å²) in [5.41, 5.74) is -2.12. The summed E-state index contributed by atoms with van der Waals surface area (Å²) in [6, 6.07) is 4.45. The standard InChI is InChI=1S/C22H16F5N3O4/c1-30-10-11(9-28-30)18-14(19(31)32)6-12(7-17(18)24)29-20(33)21(4-5-21)15-3-2-13(8-16(15)23)34-22(25,26)27/h2-3,6-10H,4-5H2,1H3,(H,29,33)(H,31,32). The van der Waals surface area contributed by atoms with Gasteiger partial charge in [0, 0.05) is 41.7 Å². The van der Waals surface area contributed by atoms with Crippen molar-refractivity contribution >= 4 is 17.6 Å². The maximum Gasteiger partial charge on any atom is 0.573 e. The Kier molecular flexibility index (Phi) is 5.54. The minimum atomic E-state index is -5.00. The van der Waals surface area contributed by atoms with E-state index in [2.05, 4.69) is 15.2 Å². The Morgan fingerprint density at radius 2 is 1.85 bits per heavy atom. The van der Waals surface area contributed by atoms with Gasteiger partial charge in [0.2, 0.25) is 5.91 Å². The number of carboxylic acids is 1. The molecule has 0 aliphatic heterocycles. The highest BCUT2D eigenvalue weighted by molar-refractivity contribution is 6.03. The average Bonchev–Trinajstić information content (AvgIpc) is 3.41. The molecular weight excluding hydrogens is 465 g/mol. The Morgan fingerprint density at radius 1 is 1.15 bits per heavy atom. The van der Waals surface area contributed by atoms with Crippen LogP contribution >= 0.6 is 0 Å². The highest BCUT2D eigenvalue weighted by Gasteiger charge is 2.53. The number of aromatic carboxylic acids is 1. The van der Waals surface area contributed by atoms with Crippen molar-refractivity contribution in [3.8, 4) is 16.9 Å². The van der Waals surface area contributed by atoms with Crippen LogP contribution in [0.4, 0.5) is 27.6 Å². The summed E-state index contributed by atoms with van der Waals surface area (Å²) in [7, 11) is 1.58. The minimum absolute atomic E-state index is 0.148. The van der Waals surface area contributed by atoms with Crippen LogP contribution in [0, 0.1) is 11.6 Å². The van der Waals surface area contributed by atoms with Crippen LogP contribution in [0.2, 0.25) is 0 Å². The van der Waals surface area contributed by atoms with Gasteiger partial charge in [-0.2, -0.15) is 5.10 Å². The van der Waals surface area contributed by atoms with Crippen LogP contribution in [0.5, 0.6) is 5.75 Å². The molecule has 1 saturated carbocycles. The average molecular weight is 481 g/mol. The first-order valence-corrected chi connectivity index (χ1v) is 9.83. The Labute approximate surface area is 188 Å². The van der Waals surface area contributed by atoms with Crippen LogP contribution in [-0.4, -0.2) is 33.1 Å². The Hall–Kier alpha value is -3.96. The SMILES string of the molecule is Cn1cc(-c2c(F)cc(NC(=O)C3(c4ccc(OC(F)(F)F)cc4F)CC3)cc2C(=O)O)cn1. The smallest absolute Gasteiger partial charge is 0.478 e. The molecule has 0 spiro atoms. The van der Waals surface area contributed by atoms with Gasteiger partial charge in [0.05, 0.1) is 17.2 Å². The molecule has 1 aliphatic rings. The fraction of sp³-hybridized carbons (Fsp3) is 0.227. The van der Waals surface area contributed by atoms with Gasteiger partial charge in [-0.05, 0) is 31.0 Å². The quantitative estimate of drug-likeness (QED) is 0.501. The van der Waals surface area contributed by atoms with Crippen LogP contribution in [-0.2, 0) is 17.3 Å². The van der Waals surface area contributed by atoms with Crippen molar-refractivity contribution in [1.29, 1.82) is 0 Å². The number of carbonyl (C=O) groups is 2. The zero-order valence-corrected chi connectivity index (χ0v) is 17.4. The number of nitrogens with one attached hydrogen (secondary N) is 1. The molecule has 0 saturated heterocycles. The van der Waals surface area contributed by atoms with Crippen LogP contribution in [0.15, 0.2) is 42.7 Å². The molecule has 7 nitrogen and oxygen atoms in total. The monoisotopic (exact) mass is 481 g/mol. The van der Waals surface area contributed by atoms with Crippen LogP contribution in [0.25, 0.3) is 11.1 Å². The van der Waals surface area contributed by atoms with Gasteiger partial charge in [-0.15, -0.1) is 13.2 Å². The van der Waals surface area contributed by atoms with Crippen molar-refractivity contribution in [3.05, 3.63) is 65.5 Å². The number of carbonyl (C=O) groups excluding carboxylic acids is 1. The number of ether oxygens (including phenoxy) is 1. The molecule has 2 aromatic carbocycles. The van der Waals surface area contributed by atoms with Crippen molar-refractivity contribution in [2.24, 2.45) is 7.05 Å². The number of aryl methyl sites for hydroxylation is 1. The number of rotatable bonds is 6. The third-order valence-electron chi connectivity index (χ3n) is 5.45. The molecule has 0 atom stereocenters. The minimum Gasteiger partial charge on any atom is -0.478 e. The van der Waals surface area contributed by atoms with E-state index in [1.807, 2.05) is 0 Å². The number of amides is 1. The number of anilines is 1. The van der Waals surface area contributed by atoms with Crippen LogP contribution < -0.4 is 10.1 Å². The van der Waals surface area contributed by atoms with Crippen molar-refractivity contribution in [2.75, 3.05) is 5.32 Å². The van der Waals surface area contributed by atoms with Crippen molar-refractivity contribution in [1.82, 2.24) is 9.78 Å². The first kappa shape index (κ1) is 23.2. The molecule has 3 aromatic rings. The van der Waals surface area contributed by atoms with Gasteiger partial charge in [-0.1, -0.05) is 6.07 Å². The first-order chi connectivity index (χ1) is 15.9. The number of nitrogens with zero attached hydrogens (tertiary/aromatic N) is 2. The van der Waals surface area contributed by atoms with E-state index < -0.39 is 46.6 Å². The van der Waals surface area contributed by atoms with E-state index in [4.69, 9.17) is 0 Å². The number of halogens is 5. The predicted molar refractivity (Wildman–Crippen MR) is 108 cm³/mol. The number of benzene rings is 2. The molecule has 0 unspecified atom stereocenters. The second kappa shape index (κ2) is 8.12. The summed E-state index contributed by atoms with van der Waals surface area (Å²) >= 11 is 0. The molecule has 2 N–H and O–H groups in total. The maximum atomic E-state index is 14.9. The zero-order chi connectivity index (χ0) is 24.8. The number of carboxylic acid groups (broad SMARTS) is 1. The molecule has 1 aromatic heterocycles. The van der Waals surface area contributed by atoms with Crippen LogP contribution in [0.3, 0.4) is 0 Å². The van der Waals surface area contributed by atoms with E-state index in [1.165, 1.54) is 17.1 Å². The van der Waals surface area contributed by atoms with E-state index in [0.29, 0.717) is 6.07 Å². The summed E-state index contributed by atoms with van der Waals surface area (Å²) in [6.45, 7) is 0. The van der Waals surface area contributed by atoms with Gasteiger partial charge in [-0.3, -0.25) is 9.48 Å². The molecule has 0 bridgehead atoms. The van der Waals surface area contributed by atoms with E-state index in [-0.39, 0.29) is 35.2 Å². The van der Waals surface area contributed by atoms with Crippen LogP contribution in [0.1, 0.15) is 28.8 Å². The van der Waals surface area contributed by atoms with Gasteiger partial charge in [-0.25, -0.2) is 13.6 Å². The maximum absolute atomic E-state index is 14.9. The Morgan fingerprint density at radius 3 is 2.38 bits per heavy atom. The summed E-state index contributed by atoms with van der Waals surface area (Å²) < 4.78 is 71.6. The third-order valence-corrected chi connectivity index (χ3v) is 5.45. The molecule has 0 radical (unpaired) electrons. The first-order valence-electron chi connectivity index (χ1n) is 9.83. The van der Waals surface area contributed by atoms with Crippen molar-refractivity contribution < 1.29 is 41.4 Å². The number of hydrogen-bond donors (Lipinski definition) is 2. The second-order valence-corrected chi connectivity index (χ2v) is 7.81. The molecule has 4 rings (SSSR count). The van der Waals surface area contributed by atoms with Gasteiger partial charge in [0.1, 0.15) is 17.4 Å². The highest BCUT2D eigenvalue weighted by Crippen LogP contribution is 2.50. The topological polar surface area (TPSA) is 93.5 Å². The lowest BCUT2D eigenvalue weighted by atomic mass is 9.93. The highest BCUT2D eigenvalue weighted by atomic mass is 19.4. The lowest BCUT2D eigenvalue weighted by molar-refractivity contribution is -0.274. The fourth-order valence-electron chi connectivity index (χ4n) is 3.77. The molecule has 178 valence electrons. The number of hydrogen-bond acceptors (Lipinski definition) is 4. The van der Waals surface area contributed by atoms with Crippen molar-refractivity contribution in [3.63, 3.8) is 0 Å². The molecule has 1 aliphatic carbocycles. The molecule has 1 amide bonds. The van der Waals surface area contributed by atoms with E-state index in [1.54, 1.807) is 7.05 Å². The lowest BCUT2D eigenvalue weighted by Crippen LogP contribution is -2.29. The second-order valence-electron chi connectivity index (χ2n) is 7.81. The molecule has 1 heterocycles. The fourth-order valence-corrected chi connectivity index (χ4v) is 3.77. The van der Waals surface area contributed by atoms with E-state index >= 15 is 0 Å². The molecular formula is C22H16F5N3O4. The van der Waals surface area contributed by atoms with Gasteiger partial charge < -0.3 is 15.2 Å². The summed E-state index contributed by atoms with van der Waals surface area (Å²) in [6.07, 6.45) is -1.90. The molecule has 34 heavy (non-hydrogen) atoms. The number of alkyl halides is 3. The van der Waals surface area contributed by atoms with Crippen molar-refractivity contribution in [2.45, 2.75) is 24.6 Å². The summed E-state index contributed by atoms with van der Waals surface area (Å²) in [5.74, 6) is -4.96. The van der Waals surface area contributed by atoms with E-state index in [0.717, 1.165) is 24.3 Å². The van der Waals surface area contributed by atoms with Gasteiger partial charge in [0.15, 0.2) is 0 Å². The normalized spacial score (nSPS) is 14.5. The summed E-state index contributed by atoms with van der Waals surface area (Å²) in [5, 5.41) is 15.9. The lowest BCUT2D eigenvalue weighted by Gasteiger charge is -2.18.